The lowest BCUT2D eigenvalue weighted by molar-refractivity contribution is -0.122. The van der Waals surface area contributed by atoms with Crippen LogP contribution in [0, 0.1) is 11.7 Å². The fraction of sp³-hybridized carbons (Fsp3) is 0.533. The zero-order valence-corrected chi connectivity index (χ0v) is 13.1. The summed E-state index contributed by atoms with van der Waals surface area (Å²) in [6.07, 6.45) is 0.421. The molecule has 1 amide bonds. The first-order chi connectivity index (χ1) is 9.37. The van der Waals surface area contributed by atoms with Gasteiger partial charge in [-0.05, 0) is 37.1 Å². The summed E-state index contributed by atoms with van der Waals surface area (Å²) in [4.78, 5) is 12.9. The van der Waals surface area contributed by atoms with Crippen LogP contribution in [-0.4, -0.2) is 23.7 Å². The van der Waals surface area contributed by atoms with Gasteiger partial charge >= 0.3 is 0 Å². The van der Waals surface area contributed by atoms with Crippen LogP contribution in [-0.2, 0) is 4.79 Å². The van der Waals surface area contributed by atoms with Crippen LogP contribution in [0.25, 0.3) is 0 Å². The van der Waals surface area contributed by atoms with Gasteiger partial charge in [0, 0.05) is 23.6 Å². The molecule has 3 N–H and O–H groups in total. The van der Waals surface area contributed by atoms with E-state index in [1.54, 1.807) is 23.9 Å². The SMILES string of the molecule is CC(C)C(C)(CN)NC(=O)CCSc1ccc(F)cc1. The van der Waals surface area contributed by atoms with Crippen molar-refractivity contribution in [2.24, 2.45) is 11.7 Å². The molecule has 0 fully saturated rings. The molecule has 0 aliphatic carbocycles. The lowest BCUT2D eigenvalue weighted by atomic mass is 9.88. The molecule has 1 rings (SSSR count). The van der Waals surface area contributed by atoms with E-state index in [1.807, 2.05) is 20.8 Å². The summed E-state index contributed by atoms with van der Waals surface area (Å²) in [5, 5.41) is 3.00. The summed E-state index contributed by atoms with van der Waals surface area (Å²) < 4.78 is 12.8. The average Bonchev–Trinajstić information content (AvgIpc) is 2.40. The minimum Gasteiger partial charge on any atom is -0.349 e. The summed E-state index contributed by atoms with van der Waals surface area (Å²) in [6.45, 7) is 6.46. The lowest BCUT2D eigenvalue weighted by Crippen LogP contribution is -2.55. The van der Waals surface area contributed by atoms with Crippen molar-refractivity contribution in [3.8, 4) is 0 Å². The highest BCUT2D eigenvalue weighted by molar-refractivity contribution is 7.99. The Bertz CT molecular complexity index is 436. The molecule has 0 aliphatic heterocycles. The van der Waals surface area contributed by atoms with E-state index < -0.39 is 0 Å². The summed E-state index contributed by atoms with van der Waals surface area (Å²) >= 11 is 1.54. The van der Waals surface area contributed by atoms with Gasteiger partial charge in [0.2, 0.25) is 5.91 Å². The third kappa shape index (κ3) is 5.13. The molecule has 0 bridgehead atoms. The Labute approximate surface area is 124 Å². The normalized spacial score (nSPS) is 14.1. The molecule has 3 nitrogen and oxygen atoms in total. The van der Waals surface area contributed by atoms with Crippen molar-refractivity contribution in [2.75, 3.05) is 12.3 Å². The fourth-order valence-electron chi connectivity index (χ4n) is 1.60. The second-order valence-electron chi connectivity index (χ2n) is 5.38. The van der Waals surface area contributed by atoms with Gasteiger partial charge in [-0.3, -0.25) is 4.79 Å². The van der Waals surface area contributed by atoms with Crippen molar-refractivity contribution in [1.29, 1.82) is 0 Å². The first kappa shape index (κ1) is 17.0. The molecule has 0 radical (unpaired) electrons. The number of amides is 1. The highest BCUT2D eigenvalue weighted by Crippen LogP contribution is 2.19. The van der Waals surface area contributed by atoms with E-state index in [0.29, 0.717) is 18.7 Å². The number of carbonyl (C=O) groups is 1. The van der Waals surface area contributed by atoms with Crippen LogP contribution in [0.15, 0.2) is 29.2 Å². The largest absolute Gasteiger partial charge is 0.349 e. The van der Waals surface area contributed by atoms with E-state index in [-0.39, 0.29) is 23.2 Å². The maximum absolute atomic E-state index is 12.8. The minimum absolute atomic E-state index is 0.00117. The van der Waals surface area contributed by atoms with E-state index in [0.717, 1.165) is 4.90 Å². The van der Waals surface area contributed by atoms with Gasteiger partial charge in [0.1, 0.15) is 5.82 Å². The third-order valence-electron chi connectivity index (χ3n) is 3.53. The molecule has 112 valence electrons. The van der Waals surface area contributed by atoms with Gasteiger partial charge in [0.05, 0.1) is 5.54 Å². The molecule has 0 saturated carbocycles. The Balaban J connectivity index is 2.38. The Kier molecular flexibility index (Phi) is 6.49. The molecular formula is C15H23FN2OS. The van der Waals surface area contributed by atoms with Crippen LogP contribution in [0.1, 0.15) is 27.2 Å². The standard InChI is InChI=1S/C15H23FN2OS/c1-11(2)15(3,10-17)18-14(19)8-9-20-13-6-4-12(16)5-7-13/h4-7,11H,8-10,17H2,1-3H3,(H,18,19). The number of nitrogens with one attached hydrogen (secondary N) is 1. The lowest BCUT2D eigenvalue weighted by Gasteiger charge is -2.33. The summed E-state index contributed by atoms with van der Waals surface area (Å²) in [5.41, 5.74) is 5.37. The number of benzene rings is 1. The molecule has 0 heterocycles. The second kappa shape index (κ2) is 7.64. The zero-order chi connectivity index (χ0) is 15.2. The van der Waals surface area contributed by atoms with Crippen LogP contribution in [0.5, 0.6) is 0 Å². The van der Waals surface area contributed by atoms with Crippen molar-refractivity contribution >= 4 is 17.7 Å². The molecular weight excluding hydrogens is 275 g/mol. The van der Waals surface area contributed by atoms with Gasteiger partial charge in [-0.2, -0.15) is 0 Å². The third-order valence-corrected chi connectivity index (χ3v) is 4.55. The highest BCUT2D eigenvalue weighted by atomic mass is 32.2. The van der Waals surface area contributed by atoms with Gasteiger partial charge in [0.25, 0.3) is 0 Å². The number of hydrogen-bond acceptors (Lipinski definition) is 3. The molecule has 1 unspecified atom stereocenters. The van der Waals surface area contributed by atoms with Crippen molar-refractivity contribution in [3.63, 3.8) is 0 Å². The fourth-order valence-corrected chi connectivity index (χ4v) is 2.46. The molecule has 5 heteroatoms. The molecule has 20 heavy (non-hydrogen) atoms. The van der Waals surface area contributed by atoms with Gasteiger partial charge in [0.15, 0.2) is 0 Å². The molecule has 1 atom stereocenters. The van der Waals surface area contributed by atoms with E-state index in [4.69, 9.17) is 5.73 Å². The topological polar surface area (TPSA) is 55.1 Å². The van der Waals surface area contributed by atoms with E-state index >= 15 is 0 Å². The predicted molar refractivity (Wildman–Crippen MR) is 82.2 cm³/mol. The monoisotopic (exact) mass is 298 g/mol. The van der Waals surface area contributed by atoms with Crippen LogP contribution in [0.4, 0.5) is 4.39 Å². The number of halogens is 1. The Morgan fingerprint density at radius 1 is 1.40 bits per heavy atom. The molecule has 0 spiro atoms. The Morgan fingerprint density at radius 2 is 2.00 bits per heavy atom. The first-order valence-corrected chi connectivity index (χ1v) is 7.75. The summed E-state index contributed by atoms with van der Waals surface area (Å²) in [6, 6.07) is 6.28. The Morgan fingerprint density at radius 3 is 2.50 bits per heavy atom. The zero-order valence-electron chi connectivity index (χ0n) is 12.3. The minimum atomic E-state index is -0.363. The number of carbonyl (C=O) groups excluding carboxylic acids is 1. The maximum atomic E-state index is 12.8. The van der Waals surface area contributed by atoms with E-state index in [2.05, 4.69) is 5.32 Å². The number of nitrogens with two attached hydrogens (primary N) is 1. The number of rotatable bonds is 7. The van der Waals surface area contributed by atoms with Crippen molar-refractivity contribution in [1.82, 2.24) is 5.32 Å². The van der Waals surface area contributed by atoms with Gasteiger partial charge in [-0.1, -0.05) is 13.8 Å². The van der Waals surface area contributed by atoms with Crippen LogP contribution in [0.3, 0.4) is 0 Å². The van der Waals surface area contributed by atoms with Crippen molar-refractivity contribution in [2.45, 2.75) is 37.6 Å². The second-order valence-corrected chi connectivity index (χ2v) is 6.55. The smallest absolute Gasteiger partial charge is 0.221 e. The molecule has 0 aromatic heterocycles. The molecule has 0 aliphatic rings. The van der Waals surface area contributed by atoms with Crippen molar-refractivity contribution in [3.05, 3.63) is 30.1 Å². The van der Waals surface area contributed by atoms with Crippen molar-refractivity contribution < 1.29 is 9.18 Å². The number of thioether (sulfide) groups is 1. The molecule has 1 aromatic rings. The summed E-state index contributed by atoms with van der Waals surface area (Å²) in [5.74, 6) is 0.696. The quantitative estimate of drug-likeness (QED) is 0.761. The Hall–Kier alpha value is -1.07. The van der Waals surface area contributed by atoms with E-state index in [9.17, 15) is 9.18 Å². The van der Waals surface area contributed by atoms with E-state index in [1.165, 1.54) is 12.1 Å². The summed E-state index contributed by atoms with van der Waals surface area (Å²) in [7, 11) is 0. The maximum Gasteiger partial charge on any atom is 0.221 e. The average molecular weight is 298 g/mol. The van der Waals surface area contributed by atoms with Crippen LogP contribution < -0.4 is 11.1 Å². The predicted octanol–water partition coefficient (Wildman–Crippen LogP) is 2.80. The number of hydrogen-bond donors (Lipinski definition) is 2. The van der Waals surface area contributed by atoms with Gasteiger partial charge in [-0.15, -0.1) is 11.8 Å². The first-order valence-electron chi connectivity index (χ1n) is 6.77. The van der Waals surface area contributed by atoms with Crippen LogP contribution >= 0.6 is 11.8 Å². The highest BCUT2D eigenvalue weighted by Gasteiger charge is 2.28. The molecule has 1 aromatic carbocycles. The van der Waals surface area contributed by atoms with Crippen LogP contribution in [0.2, 0.25) is 0 Å². The van der Waals surface area contributed by atoms with Gasteiger partial charge < -0.3 is 11.1 Å². The molecule has 0 saturated heterocycles. The van der Waals surface area contributed by atoms with Gasteiger partial charge in [-0.25, -0.2) is 4.39 Å².